The number of aryl methyl sites for hydroxylation is 1. The van der Waals surface area contributed by atoms with Gasteiger partial charge in [-0.3, -0.25) is 9.59 Å². The molecule has 4 rings (SSSR count). The highest BCUT2D eigenvalue weighted by Crippen LogP contribution is 2.21. The molecule has 136 valence electrons. The summed E-state index contributed by atoms with van der Waals surface area (Å²) in [5, 5.41) is 0. The highest BCUT2D eigenvalue weighted by atomic mass is 16.1. The average molecular weight is 366 g/mol. The van der Waals surface area contributed by atoms with Crippen molar-refractivity contribution in [1.29, 1.82) is 0 Å². The lowest BCUT2D eigenvalue weighted by atomic mass is 9.98. The predicted octanol–water partition coefficient (Wildman–Crippen LogP) is 4.66. The topological polar surface area (TPSA) is 62.8 Å². The zero-order chi connectivity index (χ0) is 19.5. The molecule has 0 saturated carbocycles. The fourth-order valence-corrected chi connectivity index (χ4v) is 3.13. The van der Waals surface area contributed by atoms with E-state index >= 15 is 0 Å². The van der Waals surface area contributed by atoms with Gasteiger partial charge in [0.2, 0.25) is 0 Å². The van der Waals surface area contributed by atoms with Crippen LogP contribution in [0.5, 0.6) is 0 Å². The second-order valence-corrected chi connectivity index (χ2v) is 6.60. The molecule has 28 heavy (non-hydrogen) atoms. The monoisotopic (exact) mass is 366 g/mol. The molecule has 0 saturated heterocycles. The highest BCUT2D eigenvalue weighted by molar-refractivity contribution is 6.32. The van der Waals surface area contributed by atoms with Crippen LogP contribution in [0.15, 0.2) is 83.7 Å². The first-order chi connectivity index (χ1) is 13.6. The van der Waals surface area contributed by atoms with Crippen molar-refractivity contribution in [1.82, 2.24) is 9.97 Å². The number of nitrogens with zero attached hydrogens (tertiary/aromatic N) is 1. The van der Waals surface area contributed by atoms with E-state index in [1.165, 1.54) is 0 Å². The van der Waals surface area contributed by atoms with Crippen LogP contribution in [0.4, 0.5) is 0 Å². The van der Waals surface area contributed by atoms with Crippen molar-refractivity contribution in [2.45, 2.75) is 6.92 Å². The molecular formula is C24H18N2O2. The number of fused-ring (bicyclic) bond motifs is 1. The van der Waals surface area contributed by atoms with Gasteiger partial charge in [-0.1, -0.05) is 72.3 Å². The standard InChI is InChI=1S/C24H18N2O2/c1-16-8-7-9-17(14-16)15-19(23(27)18-10-3-2-4-11-18)22-24(28)26-21-13-6-5-12-20(21)25-22/h2-15H,1H3,(H,26,28)/b19-15+. The van der Waals surface area contributed by atoms with Gasteiger partial charge in [0.1, 0.15) is 5.69 Å². The van der Waals surface area contributed by atoms with Crippen molar-refractivity contribution in [3.8, 4) is 0 Å². The summed E-state index contributed by atoms with van der Waals surface area (Å²) in [5.41, 5.74) is 3.69. The van der Waals surface area contributed by atoms with Gasteiger partial charge in [-0.25, -0.2) is 4.98 Å². The maximum atomic E-state index is 13.3. The van der Waals surface area contributed by atoms with Gasteiger partial charge in [-0.2, -0.15) is 0 Å². The molecule has 0 radical (unpaired) electrons. The molecule has 4 nitrogen and oxygen atoms in total. The maximum Gasteiger partial charge on any atom is 0.275 e. The molecule has 0 atom stereocenters. The lowest BCUT2D eigenvalue weighted by Crippen LogP contribution is -2.18. The van der Waals surface area contributed by atoms with E-state index in [4.69, 9.17) is 0 Å². The second-order valence-electron chi connectivity index (χ2n) is 6.60. The predicted molar refractivity (Wildman–Crippen MR) is 112 cm³/mol. The first-order valence-electron chi connectivity index (χ1n) is 8.99. The maximum absolute atomic E-state index is 13.3. The van der Waals surface area contributed by atoms with Crippen molar-refractivity contribution in [3.05, 3.63) is 112 Å². The number of ketones is 1. The van der Waals surface area contributed by atoms with Crippen LogP contribution in [0.1, 0.15) is 27.2 Å². The zero-order valence-corrected chi connectivity index (χ0v) is 15.3. The third-order valence-electron chi connectivity index (χ3n) is 4.49. The smallest absolute Gasteiger partial charge is 0.275 e. The number of aromatic amines is 1. The Balaban J connectivity index is 1.94. The van der Waals surface area contributed by atoms with Crippen molar-refractivity contribution >= 4 is 28.5 Å². The van der Waals surface area contributed by atoms with E-state index < -0.39 is 0 Å². The van der Waals surface area contributed by atoms with E-state index in [0.29, 0.717) is 16.6 Å². The summed E-state index contributed by atoms with van der Waals surface area (Å²) in [6.07, 6.45) is 1.73. The Morgan fingerprint density at radius 2 is 1.68 bits per heavy atom. The molecule has 0 aliphatic heterocycles. The molecule has 0 spiro atoms. The van der Waals surface area contributed by atoms with E-state index in [2.05, 4.69) is 9.97 Å². The SMILES string of the molecule is Cc1cccc(/C=C(/C(=O)c2ccccc2)c2nc3ccccc3[nH]c2=O)c1. The van der Waals surface area contributed by atoms with Crippen LogP contribution in [0, 0.1) is 6.92 Å². The summed E-state index contributed by atoms with van der Waals surface area (Å²) >= 11 is 0. The summed E-state index contributed by atoms with van der Waals surface area (Å²) in [7, 11) is 0. The summed E-state index contributed by atoms with van der Waals surface area (Å²) in [5.74, 6) is -0.240. The normalized spacial score (nSPS) is 11.5. The Hall–Kier alpha value is -3.79. The van der Waals surface area contributed by atoms with E-state index in [0.717, 1.165) is 11.1 Å². The number of para-hydroxylation sites is 2. The molecule has 0 aliphatic rings. The first kappa shape index (κ1) is 17.6. The van der Waals surface area contributed by atoms with Crippen LogP contribution >= 0.6 is 0 Å². The average Bonchev–Trinajstić information content (AvgIpc) is 2.72. The van der Waals surface area contributed by atoms with Gasteiger partial charge in [0.05, 0.1) is 16.6 Å². The second kappa shape index (κ2) is 7.45. The number of allylic oxidation sites excluding steroid dienone is 1. The summed E-state index contributed by atoms with van der Waals surface area (Å²) in [6, 6.07) is 24.0. The first-order valence-corrected chi connectivity index (χ1v) is 8.99. The van der Waals surface area contributed by atoms with E-state index in [1.54, 1.807) is 36.4 Å². The fourth-order valence-electron chi connectivity index (χ4n) is 3.13. The minimum atomic E-state index is -0.387. The van der Waals surface area contributed by atoms with Gasteiger partial charge in [0, 0.05) is 5.56 Å². The molecule has 1 heterocycles. The molecule has 0 aliphatic carbocycles. The molecule has 3 aromatic carbocycles. The Morgan fingerprint density at radius 3 is 2.46 bits per heavy atom. The Bertz CT molecular complexity index is 1250. The van der Waals surface area contributed by atoms with E-state index in [9.17, 15) is 9.59 Å². The summed E-state index contributed by atoms with van der Waals surface area (Å²) in [6.45, 7) is 1.98. The van der Waals surface area contributed by atoms with Crippen LogP contribution in [0.25, 0.3) is 22.7 Å². The minimum Gasteiger partial charge on any atom is -0.319 e. The van der Waals surface area contributed by atoms with Gasteiger partial charge in [-0.15, -0.1) is 0 Å². The Kier molecular flexibility index (Phi) is 4.68. The molecule has 1 aromatic heterocycles. The van der Waals surface area contributed by atoms with Crippen molar-refractivity contribution in [2.24, 2.45) is 0 Å². The number of rotatable bonds is 4. The number of Topliss-reactive ketones (excluding diaryl/α,β-unsaturated/α-hetero) is 1. The van der Waals surface area contributed by atoms with E-state index in [-0.39, 0.29) is 22.6 Å². The molecule has 1 N–H and O–H groups in total. The number of aromatic nitrogens is 2. The number of hydrogen-bond acceptors (Lipinski definition) is 3. The molecule has 0 bridgehead atoms. The number of nitrogens with one attached hydrogen (secondary N) is 1. The number of carbonyl (C=O) groups excluding carboxylic acids is 1. The molecule has 0 fully saturated rings. The Labute approximate surface area is 162 Å². The highest BCUT2D eigenvalue weighted by Gasteiger charge is 2.19. The van der Waals surface area contributed by atoms with Gasteiger partial charge in [-0.05, 0) is 30.7 Å². The number of H-pyrrole nitrogens is 1. The largest absolute Gasteiger partial charge is 0.319 e. The summed E-state index contributed by atoms with van der Waals surface area (Å²) < 4.78 is 0. The van der Waals surface area contributed by atoms with Gasteiger partial charge in [0.15, 0.2) is 5.78 Å². The summed E-state index contributed by atoms with van der Waals surface area (Å²) in [4.78, 5) is 33.4. The number of hydrogen-bond donors (Lipinski definition) is 1. The van der Waals surface area contributed by atoms with Crippen LogP contribution < -0.4 is 5.56 Å². The van der Waals surface area contributed by atoms with Crippen molar-refractivity contribution < 1.29 is 4.79 Å². The number of benzene rings is 3. The molecule has 4 aromatic rings. The molecular weight excluding hydrogens is 348 g/mol. The quantitative estimate of drug-likeness (QED) is 0.422. The van der Waals surface area contributed by atoms with Gasteiger partial charge < -0.3 is 4.98 Å². The minimum absolute atomic E-state index is 0.119. The number of carbonyl (C=O) groups is 1. The van der Waals surface area contributed by atoms with Crippen LogP contribution in [-0.2, 0) is 0 Å². The third-order valence-corrected chi connectivity index (χ3v) is 4.49. The fraction of sp³-hybridized carbons (Fsp3) is 0.0417. The van der Waals surface area contributed by atoms with E-state index in [1.807, 2.05) is 55.5 Å². The van der Waals surface area contributed by atoms with Crippen LogP contribution in [-0.4, -0.2) is 15.8 Å². The third kappa shape index (κ3) is 3.53. The molecule has 4 heteroatoms. The van der Waals surface area contributed by atoms with Gasteiger partial charge in [0.25, 0.3) is 5.56 Å². The van der Waals surface area contributed by atoms with Gasteiger partial charge >= 0.3 is 0 Å². The van der Waals surface area contributed by atoms with Crippen LogP contribution in [0.2, 0.25) is 0 Å². The molecule has 0 unspecified atom stereocenters. The lowest BCUT2D eigenvalue weighted by Gasteiger charge is -2.08. The molecule has 0 amide bonds. The lowest BCUT2D eigenvalue weighted by molar-refractivity contribution is 0.105. The van der Waals surface area contributed by atoms with Crippen molar-refractivity contribution in [3.63, 3.8) is 0 Å². The Morgan fingerprint density at radius 1 is 0.929 bits per heavy atom. The zero-order valence-electron chi connectivity index (χ0n) is 15.3. The van der Waals surface area contributed by atoms with Crippen molar-refractivity contribution in [2.75, 3.05) is 0 Å². The van der Waals surface area contributed by atoms with Crippen LogP contribution in [0.3, 0.4) is 0 Å².